The zero-order valence-electron chi connectivity index (χ0n) is 19.6. The lowest BCUT2D eigenvalue weighted by Crippen LogP contribution is -2.25. The molecule has 3 aromatic rings. The van der Waals surface area contributed by atoms with E-state index in [9.17, 15) is 39.4 Å². The first-order valence-corrected chi connectivity index (χ1v) is 11.0. The fraction of sp³-hybridized carbons (Fsp3) is 0.120. The van der Waals surface area contributed by atoms with Crippen LogP contribution in [0.4, 0.5) is 17.1 Å². The monoisotopic (exact) mass is 519 g/mol. The molecule has 0 unspecified atom stereocenters. The van der Waals surface area contributed by atoms with E-state index in [0.717, 1.165) is 18.2 Å². The number of rotatable bonds is 8. The minimum Gasteiger partial charge on any atom is -0.494 e. The number of anilines is 1. The molecule has 1 amide bonds. The molecular weight excluding hydrogens is 502 g/mol. The molecule has 1 aliphatic rings. The van der Waals surface area contributed by atoms with Crippen LogP contribution in [0, 0.1) is 20.2 Å². The molecule has 0 heterocycles. The van der Waals surface area contributed by atoms with E-state index >= 15 is 0 Å². The average molecular weight is 519 g/mol. The van der Waals surface area contributed by atoms with Crippen LogP contribution in [0.2, 0.25) is 0 Å². The Kier molecular flexibility index (Phi) is 6.92. The van der Waals surface area contributed by atoms with Crippen LogP contribution in [0.5, 0.6) is 5.75 Å². The minimum atomic E-state index is -1.31. The summed E-state index contributed by atoms with van der Waals surface area (Å²) in [6.07, 6.45) is 0. The van der Waals surface area contributed by atoms with Crippen molar-refractivity contribution in [2.45, 2.75) is 6.92 Å². The van der Waals surface area contributed by atoms with E-state index in [1.54, 1.807) is 13.0 Å². The molecule has 0 saturated carbocycles. The molecule has 0 fully saturated rings. The fourth-order valence-corrected chi connectivity index (χ4v) is 3.94. The van der Waals surface area contributed by atoms with Crippen LogP contribution in [0.3, 0.4) is 0 Å². The van der Waals surface area contributed by atoms with Crippen LogP contribution < -0.4 is 10.1 Å². The average Bonchev–Trinajstić information content (AvgIpc) is 2.90. The van der Waals surface area contributed by atoms with Crippen molar-refractivity contribution < 1.29 is 38.5 Å². The predicted molar refractivity (Wildman–Crippen MR) is 130 cm³/mol. The number of nitro benzene ring substituents is 2. The molecule has 0 radical (unpaired) electrons. The van der Waals surface area contributed by atoms with E-state index in [0.29, 0.717) is 0 Å². The van der Waals surface area contributed by atoms with Crippen molar-refractivity contribution in [1.29, 1.82) is 0 Å². The Bertz CT molecular complexity index is 1550. The molecule has 0 bridgehead atoms. The van der Waals surface area contributed by atoms with Crippen molar-refractivity contribution in [2.75, 3.05) is 18.5 Å². The Balaban J connectivity index is 1.57. The van der Waals surface area contributed by atoms with Gasteiger partial charge in [-0.3, -0.25) is 34.6 Å². The maximum atomic E-state index is 13.0. The van der Waals surface area contributed by atoms with E-state index in [1.165, 1.54) is 30.3 Å². The molecule has 0 atom stereocenters. The molecule has 0 spiro atoms. The van der Waals surface area contributed by atoms with Gasteiger partial charge in [0.25, 0.3) is 17.3 Å². The fourth-order valence-electron chi connectivity index (χ4n) is 3.94. The highest BCUT2D eigenvalue weighted by atomic mass is 16.6. The molecule has 4 rings (SSSR count). The predicted octanol–water partition coefficient (Wildman–Crippen LogP) is 3.47. The maximum Gasteiger partial charge on any atom is 0.345 e. The van der Waals surface area contributed by atoms with Crippen molar-refractivity contribution in [3.05, 3.63) is 103 Å². The summed E-state index contributed by atoms with van der Waals surface area (Å²) in [4.78, 5) is 72.5. The molecule has 192 valence electrons. The second-order valence-electron chi connectivity index (χ2n) is 7.84. The molecule has 13 nitrogen and oxygen atoms in total. The van der Waals surface area contributed by atoms with Gasteiger partial charge < -0.3 is 14.8 Å². The molecule has 0 saturated heterocycles. The number of hydrogen-bond acceptors (Lipinski definition) is 10. The number of benzene rings is 3. The molecule has 13 heteroatoms. The van der Waals surface area contributed by atoms with Crippen LogP contribution in [-0.2, 0) is 9.53 Å². The van der Waals surface area contributed by atoms with Gasteiger partial charge in [-0.1, -0.05) is 24.3 Å². The molecular formula is C25H17N3O10. The van der Waals surface area contributed by atoms with E-state index in [2.05, 4.69) is 5.32 Å². The summed E-state index contributed by atoms with van der Waals surface area (Å²) in [7, 11) is 0. The van der Waals surface area contributed by atoms with Gasteiger partial charge >= 0.3 is 5.97 Å². The summed E-state index contributed by atoms with van der Waals surface area (Å²) in [5, 5.41) is 25.5. The third-order valence-corrected chi connectivity index (χ3v) is 5.55. The van der Waals surface area contributed by atoms with Crippen LogP contribution in [-0.4, -0.2) is 46.5 Å². The number of nitrogens with one attached hydrogen (secondary N) is 1. The number of ether oxygens (including phenoxy) is 2. The summed E-state index contributed by atoms with van der Waals surface area (Å²) >= 11 is 0. The van der Waals surface area contributed by atoms with Gasteiger partial charge in [0.2, 0.25) is 5.78 Å². The summed E-state index contributed by atoms with van der Waals surface area (Å²) in [6.45, 7) is 1.00. The Morgan fingerprint density at radius 3 is 2.21 bits per heavy atom. The Morgan fingerprint density at radius 2 is 1.58 bits per heavy atom. The van der Waals surface area contributed by atoms with Crippen LogP contribution in [0.15, 0.2) is 54.6 Å². The van der Waals surface area contributed by atoms with Gasteiger partial charge in [0.15, 0.2) is 12.4 Å². The zero-order chi connectivity index (χ0) is 27.6. The molecule has 0 aliphatic heterocycles. The lowest BCUT2D eigenvalue weighted by Gasteiger charge is -2.18. The highest BCUT2D eigenvalue weighted by molar-refractivity contribution is 6.30. The van der Waals surface area contributed by atoms with Gasteiger partial charge in [-0.15, -0.1) is 0 Å². The van der Waals surface area contributed by atoms with Gasteiger partial charge in [0.1, 0.15) is 22.6 Å². The first kappa shape index (κ1) is 25.6. The van der Waals surface area contributed by atoms with Gasteiger partial charge in [-0.25, -0.2) is 4.79 Å². The summed E-state index contributed by atoms with van der Waals surface area (Å²) in [5.41, 5.74) is -2.99. The van der Waals surface area contributed by atoms with Crippen molar-refractivity contribution >= 4 is 40.5 Å². The standard InChI is InChI=1S/C25H17N3O10/c1-2-37-13-7-10-18(19(11-13)27(33)34)26-20(29)12-38-25(32)17-9-8-16-21(22(17)28(35)36)24(31)15-6-4-3-5-14(15)23(16)30/h3-11H,2,12H2,1H3,(H,26,29). The minimum absolute atomic E-state index is 0.0463. The van der Waals surface area contributed by atoms with E-state index in [1.807, 2.05) is 0 Å². The largest absolute Gasteiger partial charge is 0.494 e. The number of ketones is 2. The smallest absolute Gasteiger partial charge is 0.345 e. The highest BCUT2D eigenvalue weighted by Gasteiger charge is 2.39. The maximum absolute atomic E-state index is 13.0. The van der Waals surface area contributed by atoms with Crippen LogP contribution in [0.25, 0.3) is 0 Å². The van der Waals surface area contributed by atoms with Crippen molar-refractivity contribution in [3.8, 4) is 5.75 Å². The number of amides is 1. The number of fused-ring (bicyclic) bond motifs is 2. The number of hydrogen-bond donors (Lipinski definition) is 1. The zero-order valence-corrected chi connectivity index (χ0v) is 19.6. The lowest BCUT2D eigenvalue weighted by molar-refractivity contribution is -0.385. The lowest BCUT2D eigenvalue weighted by atomic mass is 9.82. The number of nitro groups is 2. The molecule has 1 N–H and O–H groups in total. The van der Waals surface area contributed by atoms with Crippen molar-refractivity contribution in [2.24, 2.45) is 0 Å². The first-order valence-electron chi connectivity index (χ1n) is 11.0. The summed E-state index contributed by atoms with van der Waals surface area (Å²) in [6, 6.07) is 11.6. The van der Waals surface area contributed by atoms with Crippen LogP contribution in [0.1, 0.15) is 49.1 Å². The molecule has 0 aromatic heterocycles. The van der Waals surface area contributed by atoms with Gasteiger partial charge in [0, 0.05) is 16.7 Å². The number of esters is 1. The first-order chi connectivity index (χ1) is 18.1. The Labute approximate surface area is 213 Å². The SMILES string of the molecule is CCOc1ccc(NC(=O)COC(=O)c2ccc3c(c2[N+](=O)[O-])C(=O)c2ccccc2C3=O)c([N+](=O)[O-])c1. The van der Waals surface area contributed by atoms with Gasteiger partial charge in [0.05, 0.1) is 22.5 Å². The number of nitrogens with zero attached hydrogens (tertiary/aromatic N) is 2. The number of carbonyl (C=O) groups is 4. The normalized spacial score (nSPS) is 11.7. The number of carbonyl (C=O) groups excluding carboxylic acids is 4. The third kappa shape index (κ3) is 4.67. The van der Waals surface area contributed by atoms with Crippen molar-refractivity contribution in [1.82, 2.24) is 0 Å². The molecule has 38 heavy (non-hydrogen) atoms. The Hall–Kier alpha value is -5.46. The van der Waals surface area contributed by atoms with E-state index < -0.39 is 62.4 Å². The van der Waals surface area contributed by atoms with E-state index in [-0.39, 0.29) is 34.7 Å². The van der Waals surface area contributed by atoms with Gasteiger partial charge in [-0.05, 0) is 31.2 Å². The highest BCUT2D eigenvalue weighted by Crippen LogP contribution is 2.36. The quantitative estimate of drug-likeness (QED) is 0.205. The molecule has 3 aromatic carbocycles. The van der Waals surface area contributed by atoms with Crippen LogP contribution >= 0.6 is 0 Å². The summed E-state index contributed by atoms with van der Waals surface area (Å²) in [5.74, 6) is -3.49. The third-order valence-electron chi connectivity index (χ3n) is 5.55. The second kappa shape index (κ2) is 10.3. The van der Waals surface area contributed by atoms with Crippen molar-refractivity contribution in [3.63, 3.8) is 0 Å². The van der Waals surface area contributed by atoms with E-state index in [4.69, 9.17) is 9.47 Å². The summed E-state index contributed by atoms with van der Waals surface area (Å²) < 4.78 is 10.1. The van der Waals surface area contributed by atoms with Gasteiger partial charge in [-0.2, -0.15) is 0 Å². The Morgan fingerprint density at radius 1 is 0.895 bits per heavy atom. The second-order valence-corrected chi connectivity index (χ2v) is 7.84. The molecule has 1 aliphatic carbocycles. The topological polar surface area (TPSA) is 185 Å².